The molecule has 146 valence electrons. The number of benzene rings is 1. The second kappa shape index (κ2) is 12.1. The number of carbonyl (C=O) groups excluding carboxylic acids is 2. The lowest BCUT2D eigenvalue weighted by Crippen LogP contribution is -3.12. The molecule has 26 heavy (non-hydrogen) atoms. The van der Waals surface area contributed by atoms with Crippen LogP contribution in [0.4, 0.5) is 5.69 Å². The SMILES string of the molecule is CCC[NH+](CCC)CCCNC(=O)C(=O)Nc1cc(OC)ccc1OC. The minimum Gasteiger partial charge on any atom is -0.497 e. The Balaban J connectivity index is 2.47. The fourth-order valence-electron chi connectivity index (χ4n) is 2.79. The van der Waals surface area contributed by atoms with Gasteiger partial charge in [0.25, 0.3) is 0 Å². The Morgan fingerprint density at radius 1 is 1.00 bits per heavy atom. The highest BCUT2D eigenvalue weighted by molar-refractivity contribution is 6.39. The Hall–Kier alpha value is -2.28. The zero-order valence-corrected chi connectivity index (χ0v) is 16.3. The van der Waals surface area contributed by atoms with Gasteiger partial charge in [-0.25, -0.2) is 0 Å². The van der Waals surface area contributed by atoms with Gasteiger partial charge in [0.05, 0.1) is 39.5 Å². The van der Waals surface area contributed by atoms with E-state index in [0.29, 0.717) is 23.7 Å². The minimum atomic E-state index is -0.720. The molecule has 0 radical (unpaired) electrons. The van der Waals surface area contributed by atoms with E-state index in [1.165, 1.54) is 19.1 Å². The van der Waals surface area contributed by atoms with Crippen LogP contribution in [0.15, 0.2) is 18.2 Å². The fourth-order valence-corrected chi connectivity index (χ4v) is 2.79. The molecule has 7 heteroatoms. The van der Waals surface area contributed by atoms with Gasteiger partial charge in [-0.3, -0.25) is 9.59 Å². The molecule has 1 aromatic carbocycles. The molecule has 2 amide bonds. The maximum absolute atomic E-state index is 12.1. The van der Waals surface area contributed by atoms with Crippen LogP contribution in [0.3, 0.4) is 0 Å². The lowest BCUT2D eigenvalue weighted by atomic mass is 10.2. The number of anilines is 1. The van der Waals surface area contributed by atoms with Crippen LogP contribution in [0.2, 0.25) is 0 Å². The molecule has 0 atom stereocenters. The molecule has 0 aliphatic heterocycles. The van der Waals surface area contributed by atoms with Crippen molar-refractivity contribution in [1.82, 2.24) is 5.32 Å². The van der Waals surface area contributed by atoms with E-state index in [2.05, 4.69) is 24.5 Å². The van der Waals surface area contributed by atoms with Crippen molar-refractivity contribution in [3.8, 4) is 11.5 Å². The maximum atomic E-state index is 12.1. The Bertz CT molecular complexity index is 572. The van der Waals surface area contributed by atoms with Crippen LogP contribution in [-0.2, 0) is 9.59 Å². The van der Waals surface area contributed by atoms with E-state index in [-0.39, 0.29) is 0 Å². The largest absolute Gasteiger partial charge is 0.497 e. The standard InChI is InChI=1S/C19H31N3O4/c1-5-11-22(12-6-2)13-7-10-20-18(23)19(24)21-16-14-15(25-3)8-9-17(16)26-4/h8-9,14H,5-7,10-13H2,1-4H3,(H,20,23)(H,21,24)/p+1. The molecule has 0 heterocycles. The molecule has 1 rings (SSSR count). The molecule has 0 unspecified atom stereocenters. The molecule has 0 spiro atoms. The highest BCUT2D eigenvalue weighted by atomic mass is 16.5. The van der Waals surface area contributed by atoms with Crippen molar-refractivity contribution in [3.63, 3.8) is 0 Å². The van der Waals surface area contributed by atoms with Gasteiger partial charge >= 0.3 is 11.8 Å². The molecule has 7 nitrogen and oxygen atoms in total. The predicted molar refractivity (Wildman–Crippen MR) is 102 cm³/mol. The number of amides is 2. The van der Waals surface area contributed by atoms with Crippen molar-refractivity contribution in [2.45, 2.75) is 33.1 Å². The van der Waals surface area contributed by atoms with Gasteiger partial charge in [0.2, 0.25) is 0 Å². The molecule has 0 aromatic heterocycles. The maximum Gasteiger partial charge on any atom is 0.313 e. The molecule has 0 aliphatic rings. The third kappa shape index (κ3) is 7.31. The number of methoxy groups -OCH3 is 2. The van der Waals surface area contributed by atoms with Gasteiger partial charge in [-0.05, 0) is 25.0 Å². The van der Waals surface area contributed by atoms with E-state index in [9.17, 15) is 9.59 Å². The summed E-state index contributed by atoms with van der Waals surface area (Å²) < 4.78 is 10.3. The Kier molecular flexibility index (Phi) is 10.2. The molecule has 0 aliphatic carbocycles. The molecule has 3 N–H and O–H groups in total. The van der Waals surface area contributed by atoms with Crippen molar-refractivity contribution in [1.29, 1.82) is 0 Å². The Morgan fingerprint density at radius 3 is 2.27 bits per heavy atom. The molecule has 0 saturated heterocycles. The molecule has 0 saturated carbocycles. The Morgan fingerprint density at radius 2 is 1.69 bits per heavy atom. The fraction of sp³-hybridized carbons (Fsp3) is 0.579. The van der Waals surface area contributed by atoms with Gasteiger partial charge in [-0.15, -0.1) is 0 Å². The van der Waals surface area contributed by atoms with Crippen molar-refractivity contribution in [2.24, 2.45) is 0 Å². The van der Waals surface area contributed by atoms with Gasteiger partial charge in [-0.2, -0.15) is 0 Å². The van der Waals surface area contributed by atoms with Crippen LogP contribution in [-0.4, -0.2) is 52.2 Å². The first-order valence-electron chi connectivity index (χ1n) is 9.20. The Labute approximate surface area is 156 Å². The van der Waals surface area contributed by atoms with Crippen LogP contribution < -0.4 is 25.0 Å². The van der Waals surface area contributed by atoms with E-state index in [1.54, 1.807) is 18.2 Å². The summed E-state index contributed by atoms with van der Waals surface area (Å²) in [6.45, 7) is 8.10. The van der Waals surface area contributed by atoms with E-state index in [4.69, 9.17) is 9.47 Å². The summed E-state index contributed by atoms with van der Waals surface area (Å²) in [7, 11) is 3.03. The number of hydrogen-bond donors (Lipinski definition) is 3. The first-order chi connectivity index (χ1) is 12.5. The van der Waals surface area contributed by atoms with Gasteiger partial charge < -0.3 is 25.0 Å². The van der Waals surface area contributed by atoms with Crippen LogP contribution in [0.5, 0.6) is 11.5 Å². The van der Waals surface area contributed by atoms with Gasteiger partial charge in [0.1, 0.15) is 11.5 Å². The summed E-state index contributed by atoms with van der Waals surface area (Å²) in [5.41, 5.74) is 0.397. The van der Waals surface area contributed by atoms with Gasteiger partial charge in [0.15, 0.2) is 0 Å². The second-order valence-corrected chi connectivity index (χ2v) is 6.13. The summed E-state index contributed by atoms with van der Waals surface area (Å²) in [5.74, 6) is -0.341. The normalized spacial score (nSPS) is 10.5. The van der Waals surface area contributed by atoms with Crippen molar-refractivity contribution in [2.75, 3.05) is 45.7 Å². The highest BCUT2D eigenvalue weighted by Gasteiger charge is 2.16. The average molecular weight is 366 g/mol. The summed E-state index contributed by atoms with van der Waals surface area (Å²) >= 11 is 0. The number of nitrogens with one attached hydrogen (secondary N) is 3. The lowest BCUT2D eigenvalue weighted by molar-refractivity contribution is -0.900. The first-order valence-corrected chi connectivity index (χ1v) is 9.20. The third-order valence-electron chi connectivity index (χ3n) is 4.06. The molecule has 1 aromatic rings. The van der Waals surface area contributed by atoms with Crippen molar-refractivity contribution < 1.29 is 24.0 Å². The minimum absolute atomic E-state index is 0.397. The molecule has 0 bridgehead atoms. The van der Waals surface area contributed by atoms with E-state index < -0.39 is 11.8 Å². The lowest BCUT2D eigenvalue weighted by Gasteiger charge is -2.18. The number of ether oxygens (including phenoxy) is 2. The summed E-state index contributed by atoms with van der Waals surface area (Å²) in [6.07, 6.45) is 3.13. The smallest absolute Gasteiger partial charge is 0.313 e. The number of rotatable bonds is 11. The summed E-state index contributed by atoms with van der Waals surface area (Å²) in [6, 6.07) is 5.00. The molecular formula is C19H32N3O4+. The zero-order valence-electron chi connectivity index (χ0n) is 16.3. The van der Waals surface area contributed by atoms with E-state index >= 15 is 0 Å². The second-order valence-electron chi connectivity index (χ2n) is 6.13. The molecule has 0 fully saturated rings. The predicted octanol–water partition coefficient (Wildman–Crippen LogP) is 0.854. The van der Waals surface area contributed by atoms with Crippen LogP contribution in [0.25, 0.3) is 0 Å². The van der Waals surface area contributed by atoms with Gasteiger partial charge in [-0.1, -0.05) is 13.8 Å². The number of carbonyl (C=O) groups is 2. The van der Waals surface area contributed by atoms with Crippen LogP contribution in [0, 0.1) is 0 Å². The van der Waals surface area contributed by atoms with E-state index in [1.807, 2.05) is 0 Å². The van der Waals surface area contributed by atoms with Gasteiger partial charge in [0, 0.05) is 19.0 Å². The summed E-state index contributed by atoms with van der Waals surface area (Å²) in [4.78, 5) is 25.6. The average Bonchev–Trinajstić information content (AvgIpc) is 2.65. The quantitative estimate of drug-likeness (QED) is 0.401. The monoisotopic (exact) mass is 366 g/mol. The summed E-state index contributed by atoms with van der Waals surface area (Å²) in [5, 5.41) is 5.24. The highest BCUT2D eigenvalue weighted by Crippen LogP contribution is 2.28. The van der Waals surface area contributed by atoms with Crippen LogP contribution in [0.1, 0.15) is 33.1 Å². The van der Waals surface area contributed by atoms with Crippen LogP contribution >= 0.6 is 0 Å². The van der Waals surface area contributed by atoms with Crippen molar-refractivity contribution in [3.05, 3.63) is 18.2 Å². The first kappa shape index (κ1) is 21.8. The zero-order chi connectivity index (χ0) is 19.4. The molecular weight excluding hydrogens is 334 g/mol. The number of hydrogen-bond acceptors (Lipinski definition) is 4. The third-order valence-corrected chi connectivity index (χ3v) is 4.06. The van der Waals surface area contributed by atoms with E-state index in [0.717, 1.165) is 38.9 Å². The number of quaternary nitrogens is 1. The topological polar surface area (TPSA) is 81.1 Å². The van der Waals surface area contributed by atoms with Crippen molar-refractivity contribution >= 4 is 17.5 Å².